The highest BCUT2D eigenvalue weighted by Gasteiger charge is 2.33. The van der Waals surface area contributed by atoms with Gasteiger partial charge in [0.05, 0.1) is 24.0 Å². The molecule has 0 atom stereocenters. The Balaban J connectivity index is 1.56. The maximum atomic E-state index is 13.2. The number of carbonyl (C=O) groups is 1. The van der Waals surface area contributed by atoms with Crippen molar-refractivity contribution in [3.8, 4) is 0 Å². The van der Waals surface area contributed by atoms with E-state index in [9.17, 15) is 23.1 Å². The van der Waals surface area contributed by atoms with Gasteiger partial charge in [0, 0.05) is 24.0 Å². The Hall–Kier alpha value is -3.34. The molecule has 1 N–H and O–H groups in total. The number of hydrogen-bond acceptors (Lipinski definition) is 4. The van der Waals surface area contributed by atoms with Gasteiger partial charge >= 0.3 is 12.3 Å². The van der Waals surface area contributed by atoms with Gasteiger partial charge in [0.1, 0.15) is 16.6 Å². The second kappa shape index (κ2) is 7.09. The molecule has 5 rings (SSSR count). The number of alkyl halides is 3. The number of hydrogen-bond donors (Lipinski definition) is 1. The van der Waals surface area contributed by atoms with Gasteiger partial charge in [0.15, 0.2) is 5.65 Å². The van der Waals surface area contributed by atoms with Crippen molar-refractivity contribution in [1.82, 2.24) is 24.0 Å². The predicted octanol–water partition coefficient (Wildman–Crippen LogP) is 4.92. The van der Waals surface area contributed by atoms with Crippen molar-refractivity contribution < 1.29 is 23.1 Å². The smallest absolute Gasteiger partial charge is 0.416 e. The van der Waals surface area contributed by atoms with Crippen LogP contribution in [0.15, 0.2) is 30.7 Å². The quantitative estimate of drug-likeness (QED) is 0.433. The topological polar surface area (TPSA) is 88.0 Å². The average Bonchev–Trinajstić information content (AvgIpc) is 3.32. The molecule has 0 bridgehead atoms. The number of amides is 1. The highest BCUT2D eigenvalue weighted by Crippen LogP contribution is 2.42. The summed E-state index contributed by atoms with van der Waals surface area (Å²) in [5, 5.41) is 14.3. The van der Waals surface area contributed by atoms with Crippen LogP contribution in [-0.4, -0.2) is 35.2 Å². The second-order valence-corrected chi connectivity index (χ2v) is 8.17. The molecule has 4 aromatic rings. The minimum atomic E-state index is -4.51. The van der Waals surface area contributed by atoms with Crippen molar-refractivity contribution in [2.75, 3.05) is 4.90 Å². The van der Waals surface area contributed by atoms with Crippen LogP contribution >= 0.6 is 11.6 Å². The van der Waals surface area contributed by atoms with Crippen molar-refractivity contribution in [3.05, 3.63) is 58.3 Å². The molecule has 0 aliphatic heterocycles. The third kappa shape index (κ3) is 3.52. The maximum Gasteiger partial charge on any atom is 0.416 e. The molecule has 32 heavy (non-hydrogen) atoms. The Morgan fingerprint density at radius 1 is 1.28 bits per heavy atom. The minimum absolute atomic E-state index is 0.0378. The highest BCUT2D eigenvalue weighted by molar-refractivity contribution is 6.29. The standard InChI is InChI=1S/C20H16ClF3N6O2/c1-10-7-28-8-12(26-16(28)4-14(10)20(22,23)24)9-29(19(31)32)17-5-15(21)27-18-13(11-2-3-11)6-25-30(17)18/h4-8,11H,2-3,9H2,1H3,(H,31,32). The number of aromatic nitrogens is 5. The summed E-state index contributed by atoms with van der Waals surface area (Å²) in [4.78, 5) is 21.6. The number of carboxylic acid groups (broad SMARTS) is 1. The third-order valence-electron chi connectivity index (χ3n) is 5.44. The lowest BCUT2D eigenvalue weighted by Gasteiger charge is -2.19. The number of aryl methyl sites for hydroxylation is 1. The molecule has 1 saturated carbocycles. The summed E-state index contributed by atoms with van der Waals surface area (Å²) in [6.45, 7) is 1.14. The van der Waals surface area contributed by atoms with Crippen LogP contribution < -0.4 is 4.90 Å². The van der Waals surface area contributed by atoms with Crippen molar-refractivity contribution in [2.45, 2.75) is 38.4 Å². The van der Waals surface area contributed by atoms with Gasteiger partial charge < -0.3 is 9.51 Å². The predicted molar refractivity (Wildman–Crippen MR) is 109 cm³/mol. The first kappa shape index (κ1) is 20.6. The summed E-state index contributed by atoms with van der Waals surface area (Å²) in [6.07, 6.45) is 0.688. The summed E-state index contributed by atoms with van der Waals surface area (Å²) in [5.41, 5.74) is 0.974. The number of fused-ring (bicyclic) bond motifs is 2. The first-order valence-corrected chi connectivity index (χ1v) is 10.1. The molecule has 1 aliphatic rings. The van der Waals surface area contributed by atoms with Crippen LogP contribution in [0.3, 0.4) is 0 Å². The van der Waals surface area contributed by atoms with Gasteiger partial charge in [-0.3, -0.25) is 4.90 Å². The largest absolute Gasteiger partial charge is 0.465 e. The molecule has 4 aromatic heterocycles. The van der Waals surface area contributed by atoms with Crippen LogP contribution in [0.1, 0.15) is 41.1 Å². The summed E-state index contributed by atoms with van der Waals surface area (Å²) >= 11 is 6.17. The molecule has 0 aromatic carbocycles. The molecule has 0 radical (unpaired) electrons. The maximum absolute atomic E-state index is 13.2. The highest BCUT2D eigenvalue weighted by atomic mass is 35.5. The van der Waals surface area contributed by atoms with Gasteiger partial charge in [-0.1, -0.05) is 11.6 Å². The average molecular weight is 465 g/mol. The van der Waals surface area contributed by atoms with E-state index in [0.29, 0.717) is 11.6 Å². The first-order valence-electron chi connectivity index (χ1n) is 9.72. The fraction of sp³-hybridized carbons (Fsp3) is 0.300. The van der Waals surface area contributed by atoms with E-state index in [-0.39, 0.29) is 34.4 Å². The van der Waals surface area contributed by atoms with E-state index in [1.165, 1.54) is 34.3 Å². The zero-order valence-corrected chi connectivity index (χ0v) is 17.4. The minimum Gasteiger partial charge on any atom is -0.465 e. The van der Waals surface area contributed by atoms with Gasteiger partial charge in [-0.2, -0.15) is 22.8 Å². The van der Waals surface area contributed by atoms with Gasteiger partial charge in [-0.15, -0.1) is 0 Å². The van der Waals surface area contributed by atoms with Crippen LogP contribution in [0, 0.1) is 6.92 Å². The number of nitrogens with zero attached hydrogens (tertiary/aromatic N) is 6. The van der Waals surface area contributed by atoms with Gasteiger partial charge in [-0.25, -0.2) is 14.8 Å². The molecule has 4 heterocycles. The zero-order chi connectivity index (χ0) is 22.8. The molecule has 1 aliphatic carbocycles. The van der Waals surface area contributed by atoms with E-state index in [0.717, 1.165) is 29.4 Å². The lowest BCUT2D eigenvalue weighted by molar-refractivity contribution is -0.138. The van der Waals surface area contributed by atoms with Gasteiger partial charge in [0.2, 0.25) is 0 Å². The number of pyridine rings is 1. The van der Waals surface area contributed by atoms with Crippen LogP contribution in [0.4, 0.5) is 23.8 Å². The second-order valence-electron chi connectivity index (χ2n) is 7.78. The van der Waals surface area contributed by atoms with Crippen molar-refractivity contribution in [2.24, 2.45) is 0 Å². The summed E-state index contributed by atoms with van der Waals surface area (Å²) in [6, 6.07) is 2.33. The molecule has 8 nitrogen and oxygen atoms in total. The fourth-order valence-electron chi connectivity index (χ4n) is 3.79. The molecule has 0 saturated heterocycles. The molecule has 166 valence electrons. The van der Waals surface area contributed by atoms with Crippen molar-refractivity contribution in [1.29, 1.82) is 0 Å². The fourth-order valence-corrected chi connectivity index (χ4v) is 3.97. The first-order chi connectivity index (χ1) is 15.1. The molecule has 1 fully saturated rings. The Bertz CT molecular complexity index is 1380. The Morgan fingerprint density at radius 3 is 2.69 bits per heavy atom. The normalized spacial score (nSPS) is 14.4. The van der Waals surface area contributed by atoms with E-state index in [2.05, 4.69) is 15.1 Å². The van der Waals surface area contributed by atoms with Crippen LogP contribution in [0.2, 0.25) is 5.15 Å². The SMILES string of the molecule is Cc1cn2cc(CN(C(=O)O)c3cc(Cl)nc4c(C5CC5)cnn34)nc2cc1C(F)(F)F. The Labute approximate surface area is 183 Å². The summed E-state index contributed by atoms with van der Waals surface area (Å²) in [7, 11) is 0. The van der Waals surface area contributed by atoms with E-state index >= 15 is 0 Å². The van der Waals surface area contributed by atoms with Gasteiger partial charge in [-0.05, 0) is 37.3 Å². The zero-order valence-electron chi connectivity index (χ0n) is 16.6. The molecular weight excluding hydrogens is 449 g/mol. The summed E-state index contributed by atoms with van der Waals surface area (Å²) in [5.74, 6) is 0.498. The number of anilines is 1. The van der Waals surface area contributed by atoms with Gasteiger partial charge in [0.25, 0.3) is 0 Å². The van der Waals surface area contributed by atoms with E-state index in [1.807, 2.05) is 0 Å². The Morgan fingerprint density at radius 2 is 2.03 bits per heavy atom. The monoisotopic (exact) mass is 464 g/mol. The van der Waals surface area contributed by atoms with Crippen molar-refractivity contribution >= 4 is 34.8 Å². The number of halogens is 4. The van der Waals surface area contributed by atoms with Crippen LogP contribution in [0.25, 0.3) is 11.3 Å². The lowest BCUT2D eigenvalue weighted by Crippen LogP contribution is -2.30. The number of rotatable bonds is 4. The molecular formula is C20H16ClF3N6O2. The molecule has 0 unspecified atom stereocenters. The van der Waals surface area contributed by atoms with Crippen molar-refractivity contribution in [3.63, 3.8) is 0 Å². The lowest BCUT2D eigenvalue weighted by atomic mass is 10.1. The molecule has 0 spiro atoms. The molecule has 12 heteroatoms. The Kier molecular flexibility index (Phi) is 4.55. The summed E-state index contributed by atoms with van der Waals surface area (Å²) < 4.78 is 42.5. The van der Waals surface area contributed by atoms with Crippen LogP contribution in [0.5, 0.6) is 0 Å². The van der Waals surface area contributed by atoms with E-state index in [4.69, 9.17) is 11.6 Å². The molecule has 1 amide bonds. The van der Waals surface area contributed by atoms with E-state index < -0.39 is 17.8 Å². The third-order valence-corrected chi connectivity index (χ3v) is 5.63. The number of imidazole rings is 1. The van der Waals surface area contributed by atoms with E-state index in [1.54, 1.807) is 6.20 Å². The van der Waals surface area contributed by atoms with Crippen LogP contribution in [-0.2, 0) is 12.7 Å².